The number of aromatic amines is 1. The van der Waals surface area contributed by atoms with Gasteiger partial charge in [-0.15, -0.1) is 0 Å². The van der Waals surface area contributed by atoms with Crippen molar-refractivity contribution in [2.75, 3.05) is 26.2 Å². The number of aromatic nitrogens is 2. The zero-order valence-corrected chi connectivity index (χ0v) is 19.0. The smallest absolute Gasteiger partial charge is 0.321 e. The largest absolute Gasteiger partial charge is 0.345 e. The van der Waals surface area contributed by atoms with Crippen LogP contribution in [0.5, 0.6) is 0 Å². The number of pyridine rings is 1. The Bertz CT molecular complexity index is 1240. The van der Waals surface area contributed by atoms with E-state index in [1.807, 2.05) is 35.2 Å². The summed E-state index contributed by atoms with van der Waals surface area (Å²) in [6.45, 7) is 3.25. The Morgan fingerprint density at radius 2 is 1.82 bits per heavy atom. The fraction of sp³-hybridized carbons (Fsp3) is 0.318. The molecule has 1 atom stereocenters. The van der Waals surface area contributed by atoms with E-state index in [1.165, 1.54) is 10.5 Å². The van der Waals surface area contributed by atoms with Crippen molar-refractivity contribution in [1.82, 2.24) is 29.8 Å². The molecule has 0 spiro atoms. The molecular formula is C22H26N6O4S. The molecule has 4 rings (SSSR count). The lowest BCUT2D eigenvalue weighted by Gasteiger charge is -2.36. The molecule has 11 heteroatoms. The highest BCUT2D eigenvalue weighted by atomic mass is 32.2. The number of urea groups is 1. The number of sulfonamides is 1. The maximum atomic E-state index is 13.1. The van der Waals surface area contributed by atoms with Gasteiger partial charge >= 0.3 is 6.03 Å². The van der Waals surface area contributed by atoms with Crippen LogP contribution < -0.4 is 10.6 Å². The summed E-state index contributed by atoms with van der Waals surface area (Å²) in [6.07, 6.45) is 3.06. The number of fused-ring (bicyclic) bond motifs is 1. The van der Waals surface area contributed by atoms with Gasteiger partial charge in [0.1, 0.15) is 10.5 Å². The maximum absolute atomic E-state index is 13.1. The minimum absolute atomic E-state index is 0.194. The van der Waals surface area contributed by atoms with Crippen molar-refractivity contribution in [3.63, 3.8) is 0 Å². The second-order valence-electron chi connectivity index (χ2n) is 7.83. The fourth-order valence-electron chi connectivity index (χ4n) is 3.82. The second-order valence-corrected chi connectivity index (χ2v) is 9.73. The lowest BCUT2D eigenvalue weighted by Crippen LogP contribution is -2.56. The van der Waals surface area contributed by atoms with Crippen molar-refractivity contribution in [3.05, 3.63) is 60.4 Å². The standard InChI is InChI=1S/C22H26N6O4S/c1-16(21(29)26-22(30)25-14-17-6-3-2-4-7-17)27-10-12-28(13-11-27)33(31,32)19-15-24-20-18(19)8-5-9-23-20/h2-9,15-16H,10-14H2,1H3,(H,23,24)(H2,25,26,29,30). The van der Waals surface area contributed by atoms with E-state index in [-0.39, 0.29) is 18.0 Å². The highest BCUT2D eigenvalue weighted by Gasteiger charge is 2.33. The second kappa shape index (κ2) is 9.69. The lowest BCUT2D eigenvalue weighted by atomic mass is 10.2. The van der Waals surface area contributed by atoms with Gasteiger partial charge in [-0.2, -0.15) is 4.31 Å². The van der Waals surface area contributed by atoms with E-state index in [2.05, 4.69) is 20.6 Å². The molecule has 0 aliphatic carbocycles. The van der Waals surface area contributed by atoms with Crippen LogP contribution in [0.3, 0.4) is 0 Å². The van der Waals surface area contributed by atoms with Crippen LogP contribution in [0.4, 0.5) is 4.79 Å². The van der Waals surface area contributed by atoms with Gasteiger partial charge in [-0.1, -0.05) is 30.3 Å². The Labute approximate surface area is 192 Å². The first-order chi connectivity index (χ1) is 15.9. The molecule has 0 saturated carbocycles. The van der Waals surface area contributed by atoms with Gasteiger partial charge in [-0.05, 0) is 24.6 Å². The Hall–Kier alpha value is -3.28. The quantitative estimate of drug-likeness (QED) is 0.498. The van der Waals surface area contributed by atoms with Crippen molar-refractivity contribution in [2.24, 2.45) is 0 Å². The molecule has 3 amide bonds. The van der Waals surface area contributed by atoms with Crippen molar-refractivity contribution < 1.29 is 18.0 Å². The minimum Gasteiger partial charge on any atom is -0.345 e. The Balaban J connectivity index is 1.30. The van der Waals surface area contributed by atoms with E-state index in [0.29, 0.717) is 30.7 Å². The third-order valence-electron chi connectivity index (χ3n) is 5.76. The molecule has 3 heterocycles. The molecule has 33 heavy (non-hydrogen) atoms. The van der Waals surface area contributed by atoms with Crippen LogP contribution in [0.1, 0.15) is 12.5 Å². The van der Waals surface area contributed by atoms with Gasteiger partial charge in [0, 0.05) is 50.5 Å². The lowest BCUT2D eigenvalue weighted by molar-refractivity contribution is -0.125. The highest BCUT2D eigenvalue weighted by Crippen LogP contribution is 2.25. The molecule has 10 nitrogen and oxygen atoms in total. The van der Waals surface area contributed by atoms with Gasteiger partial charge in [-0.3, -0.25) is 15.0 Å². The predicted octanol–water partition coefficient (Wildman–Crippen LogP) is 1.28. The van der Waals surface area contributed by atoms with Crippen LogP contribution in [0, 0.1) is 0 Å². The number of rotatable bonds is 6. The number of H-pyrrole nitrogens is 1. The molecule has 0 bridgehead atoms. The van der Waals surface area contributed by atoms with Gasteiger partial charge in [0.15, 0.2) is 0 Å². The first kappa shape index (κ1) is 22.9. The number of nitrogens with one attached hydrogen (secondary N) is 3. The minimum atomic E-state index is -3.70. The molecule has 1 aromatic carbocycles. The first-order valence-electron chi connectivity index (χ1n) is 10.6. The molecule has 2 aromatic heterocycles. The molecule has 0 radical (unpaired) electrons. The topological polar surface area (TPSA) is 127 Å². The Kier molecular flexibility index (Phi) is 6.72. The van der Waals surface area contributed by atoms with Crippen molar-refractivity contribution in [2.45, 2.75) is 24.4 Å². The Morgan fingerprint density at radius 3 is 2.55 bits per heavy atom. The van der Waals surface area contributed by atoms with Crippen LogP contribution in [0.25, 0.3) is 11.0 Å². The molecule has 1 unspecified atom stereocenters. The average Bonchev–Trinajstić information content (AvgIpc) is 3.28. The fourth-order valence-corrected chi connectivity index (χ4v) is 5.39. The van der Waals surface area contributed by atoms with Gasteiger partial charge in [0.2, 0.25) is 15.9 Å². The SMILES string of the molecule is CC(C(=O)NC(=O)NCc1ccccc1)N1CCN(S(=O)(=O)c2c[nH]c3ncccc23)CC1. The molecular weight excluding hydrogens is 444 g/mol. The van der Waals surface area contributed by atoms with Crippen LogP contribution >= 0.6 is 0 Å². The van der Waals surface area contributed by atoms with Gasteiger partial charge in [0.05, 0.1) is 6.04 Å². The number of benzene rings is 1. The molecule has 1 fully saturated rings. The van der Waals surface area contributed by atoms with E-state index < -0.39 is 28.0 Å². The van der Waals surface area contributed by atoms with Crippen LogP contribution in [0.15, 0.2) is 59.8 Å². The third kappa shape index (κ3) is 5.05. The summed E-state index contributed by atoms with van der Waals surface area (Å²) < 4.78 is 27.7. The van der Waals surface area contributed by atoms with E-state index in [1.54, 1.807) is 25.3 Å². The number of carbonyl (C=O) groups excluding carboxylic acids is 2. The zero-order chi connectivity index (χ0) is 23.4. The van der Waals surface area contributed by atoms with Crippen LogP contribution in [-0.2, 0) is 21.4 Å². The van der Waals surface area contributed by atoms with E-state index in [4.69, 9.17) is 0 Å². The highest BCUT2D eigenvalue weighted by molar-refractivity contribution is 7.89. The number of nitrogens with zero attached hydrogens (tertiary/aromatic N) is 3. The van der Waals surface area contributed by atoms with Crippen molar-refractivity contribution >= 4 is 33.0 Å². The van der Waals surface area contributed by atoms with Gasteiger partial charge in [-0.25, -0.2) is 18.2 Å². The van der Waals surface area contributed by atoms with Crippen molar-refractivity contribution in [1.29, 1.82) is 0 Å². The first-order valence-corrected chi connectivity index (χ1v) is 12.1. The zero-order valence-electron chi connectivity index (χ0n) is 18.2. The van der Waals surface area contributed by atoms with Crippen molar-refractivity contribution in [3.8, 4) is 0 Å². The summed E-state index contributed by atoms with van der Waals surface area (Å²) in [5.41, 5.74) is 1.45. The predicted molar refractivity (Wildman–Crippen MR) is 123 cm³/mol. The number of piperazine rings is 1. The van der Waals surface area contributed by atoms with Crippen LogP contribution in [0.2, 0.25) is 0 Å². The van der Waals surface area contributed by atoms with Gasteiger partial charge in [0.25, 0.3) is 0 Å². The third-order valence-corrected chi connectivity index (χ3v) is 7.70. The number of carbonyl (C=O) groups is 2. The van der Waals surface area contributed by atoms with Crippen LogP contribution in [-0.4, -0.2) is 71.8 Å². The summed E-state index contributed by atoms with van der Waals surface area (Å²) in [5.74, 6) is -0.431. The summed E-state index contributed by atoms with van der Waals surface area (Å²) in [5, 5.41) is 5.57. The summed E-state index contributed by atoms with van der Waals surface area (Å²) in [4.78, 5) is 33.7. The molecule has 174 valence electrons. The number of imide groups is 1. The molecule has 3 aromatic rings. The number of amides is 3. The molecule has 1 saturated heterocycles. The molecule has 1 aliphatic heterocycles. The molecule has 3 N–H and O–H groups in total. The number of hydrogen-bond acceptors (Lipinski definition) is 6. The average molecular weight is 471 g/mol. The summed E-state index contributed by atoms with van der Waals surface area (Å²) in [6, 6.07) is 11.7. The van der Waals surface area contributed by atoms with Gasteiger partial charge < -0.3 is 10.3 Å². The summed E-state index contributed by atoms with van der Waals surface area (Å²) in [7, 11) is -3.70. The molecule has 1 aliphatic rings. The van der Waals surface area contributed by atoms with E-state index in [9.17, 15) is 18.0 Å². The van der Waals surface area contributed by atoms with E-state index >= 15 is 0 Å². The summed E-state index contributed by atoms with van der Waals surface area (Å²) >= 11 is 0. The maximum Gasteiger partial charge on any atom is 0.321 e. The monoisotopic (exact) mass is 470 g/mol. The van der Waals surface area contributed by atoms with E-state index in [0.717, 1.165) is 5.56 Å². The normalized spacial score (nSPS) is 16.4. The number of hydrogen-bond donors (Lipinski definition) is 3. The Morgan fingerprint density at radius 1 is 1.09 bits per heavy atom.